The average Bonchev–Trinajstić information content (AvgIpc) is 2.28. The number of rotatable bonds is 3. The van der Waals surface area contributed by atoms with Gasteiger partial charge >= 0.3 is 0 Å². The molecule has 0 saturated carbocycles. The molecule has 112 valence electrons. The first-order valence-corrected chi connectivity index (χ1v) is 7.61. The molecule has 1 aliphatic rings. The summed E-state index contributed by atoms with van der Waals surface area (Å²) in [5.74, 6) is 0. The summed E-state index contributed by atoms with van der Waals surface area (Å²) in [6, 6.07) is 6.22. The molecular weight excluding hydrogens is 272 g/mol. The molecule has 1 aromatic carbocycles. The molecule has 1 aliphatic heterocycles. The fourth-order valence-corrected chi connectivity index (χ4v) is 3.15. The maximum atomic E-state index is 6.19. The SMILES string of the molecule is CC(N)Cc1ccc(Cl)cc1N1CC(C)OC(C)(C)C1. The van der Waals surface area contributed by atoms with Gasteiger partial charge in [0.2, 0.25) is 0 Å². The van der Waals surface area contributed by atoms with Crippen molar-refractivity contribution in [3.8, 4) is 0 Å². The first-order valence-electron chi connectivity index (χ1n) is 7.23. The lowest BCUT2D eigenvalue weighted by atomic mass is 10.0. The number of hydrogen-bond donors (Lipinski definition) is 1. The van der Waals surface area contributed by atoms with Crippen LogP contribution in [0.2, 0.25) is 5.02 Å². The van der Waals surface area contributed by atoms with Gasteiger partial charge < -0.3 is 15.4 Å². The molecule has 1 heterocycles. The second-order valence-electron chi connectivity index (χ2n) is 6.52. The molecule has 4 heteroatoms. The van der Waals surface area contributed by atoms with Gasteiger partial charge in [-0.15, -0.1) is 0 Å². The van der Waals surface area contributed by atoms with Gasteiger partial charge in [0.25, 0.3) is 0 Å². The van der Waals surface area contributed by atoms with E-state index in [0.717, 1.165) is 24.5 Å². The molecule has 0 radical (unpaired) electrons. The highest BCUT2D eigenvalue weighted by Crippen LogP contribution is 2.31. The van der Waals surface area contributed by atoms with Crippen LogP contribution in [0.4, 0.5) is 5.69 Å². The zero-order valence-corrected chi connectivity index (χ0v) is 13.6. The Morgan fingerprint density at radius 3 is 2.80 bits per heavy atom. The Kier molecular flexibility index (Phi) is 4.62. The second-order valence-corrected chi connectivity index (χ2v) is 6.96. The smallest absolute Gasteiger partial charge is 0.0805 e. The molecule has 2 N–H and O–H groups in total. The average molecular weight is 297 g/mol. The number of halogens is 1. The van der Waals surface area contributed by atoms with Crippen molar-refractivity contribution >= 4 is 17.3 Å². The Bertz CT molecular complexity index is 474. The molecule has 2 rings (SSSR count). The third-order valence-electron chi connectivity index (χ3n) is 3.50. The molecule has 1 saturated heterocycles. The van der Waals surface area contributed by atoms with Crippen LogP contribution in [0.1, 0.15) is 33.3 Å². The van der Waals surface area contributed by atoms with E-state index in [1.807, 2.05) is 19.1 Å². The highest BCUT2D eigenvalue weighted by atomic mass is 35.5. The Labute approximate surface area is 127 Å². The van der Waals surface area contributed by atoms with Crippen molar-refractivity contribution in [2.75, 3.05) is 18.0 Å². The van der Waals surface area contributed by atoms with E-state index in [9.17, 15) is 0 Å². The number of morpholine rings is 1. The molecule has 1 aromatic rings. The van der Waals surface area contributed by atoms with E-state index >= 15 is 0 Å². The second kappa shape index (κ2) is 5.92. The van der Waals surface area contributed by atoms with Crippen molar-refractivity contribution in [1.82, 2.24) is 0 Å². The first-order chi connectivity index (χ1) is 9.27. The number of nitrogens with zero attached hydrogens (tertiary/aromatic N) is 1. The monoisotopic (exact) mass is 296 g/mol. The predicted molar refractivity (Wildman–Crippen MR) is 85.6 cm³/mol. The quantitative estimate of drug-likeness (QED) is 0.931. The minimum Gasteiger partial charge on any atom is -0.369 e. The summed E-state index contributed by atoms with van der Waals surface area (Å²) in [7, 11) is 0. The van der Waals surface area contributed by atoms with Crippen LogP contribution in [0.5, 0.6) is 0 Å². The maximum Gasteiger partial charge on any atom is 0.0805 e. The predicted octanol–water partition coefficient (Wildman–Crippen LogP) is 3.23. The van der Waals surface area contributed by atoms with E-state index in [-0.39, 0.29) is 17.7 Å². The molecule has 2 unspecified atom stereocenters. The molecule has 3 nitrogen and oxygen atoms in total. The molecular formula is C16H25ClN2O. The lowest BCUT2D eigenvalue weighted by Gasteiger charge is -2.43. The van der Waals surface area contributed by atoms with Crippen LogP contribution in [0, 0.1) is 0 Å². The first kappa shape index (κ1) is 15.6. The summed E-state index contributed by atoms with van der Waals surface area (Å²) in [5.41, 5.74) is 8.27. The van der Waals surface area contributed by atoms with Gasteiger partial charge in [-0.2, -0.15) is 0 Å². The summed E-state index contributed by atoms with van der Waals surface area (Å²) in [4.78, 5) is 2.37. The Balaban J connectivity index is 2.32. The van der Waals surface area contributed by atoms with Gasteiger partial charge in [-0.1, -0.05) is 17.7 Å². The molecule has 0 spiro atoms. The van der Waals surface area contributed by atoms with Gasteiger partial charge in [0, 0.05) is 29.8 Å². The van der Waals surface area contributed by atoms with Crippen molar-refractivity contribution < 1.29 is 4.74 Å². The highest BCUT2D eigenvalue weighted by Gasteiger charge is 2.32. The number of ether oxygens (including phenoxy) is 1. The topological polar surface area (TPSA) is 38.5 Å². The van der Waals surface area contributed by atoms with E-state index in [0.29, 0.717) is 0 Å². The van der Waals surface area contributed by atoms with Gasteiger partial charge in [0.1, 0.15) is 0 Å². The van der Waals surface area contributed by atoms with Crippen molar-refractivity contribution in [3.63, 3.8) is 0 Å². The molecule has 1 fully saturated rings. The van der Waals surface area contributed by atoms with E-state index in [2.05, 4.69) is 31.7 Å². The Morgan fingerprint density at radius 2 is 2.20 bits per heavy atom. The fraction of sp³-hybridized carbons (Fsp3) is 0.625. The van der Waals surface area contributed by atoms with Crippen LogP contribution < -0.4 is 10.6 Å². The molecule has 0 bridgehead atoms. The molecule has 20 heavy (non-hydrogen) atoms. The largest absolute Gasteiger partial charge is 0.369 e. The lowest BCUT2D eigenvalue weighted by molar-refractivity contribution is -0.0750. The third kappa shape index (κ3) is 3.87. The molecule has 0 amide bonds. The summed E-state index contributed by atoms with van der Waals surface area (Å²) in [6.07, 6.45) is 1.07. The van der Waals surface area contributed by atoms with Gasteiger partial charge in [-0.25, -0.2) is 0 Å². The van der Waals surface area contributed by atoms with Crippen molar-refractivity contribution in [1.29, 1.82) is 0 Å². The molecule has 0 aliphatic carbocycles. The summed E-state index contributed by atoms with van der Waals surface area (Å²) in [5, 5.41) is 0.769. The molecule has 2 atom stereocenters. The maximum absolute atomic E-state index is 6.19. The molecule has 0 aromatic heterocycles. The van der Waals surface area contributed by atoms with Crippen molar-refractivity contribution in [2.24, 2.45) is 5.73 Å². The lowest BCUT2D eigenvalue weighted by Crippen LogP contribution is -2.52. The van der Waals surface area contributed by atoms with E-state index in [1.165, 1.54) is 11.3 Å². The van der Waals surface area contributed by atoms with Crippen molar-refractivity contribution in [2.45, 2.75) is 51.9 Å². The van der Waals surface area contributed by atoms with E-state index in [4.69, 9.17) is 22.1 Å². The normalized spacial score (nSPS) is 23.7. The summed E-state index contributed by atoms with van der Waals surface area (Å²) in [6.45, 7) is 10.2. The van der Waals surface area contributed by atoms with E-state index in [1.54, 1.807) is 0 Å². The van der Waals surface area contributed by atoms with Crippen LogP contribution in [-0.2, 0) is 11.2 Å². The van der Waals surface area contributed by atoms with Gasteiger partial charge in [-0.3, -0.25) is 0 Å². The summed E-state index contributed by atoms with van der Waals surface area (Å²) >= 11 is 6.19. The van der Waals surface area contributed by atoms with E-state index < -0.39 is 0 Å². The zero-order valence-electron chi connectivity index (χ0n) is 12.8. The minimum absolute atomic E-state index is 0.140. The number of hydrogen-bond acceptors (Lipinski definition) is 3. The highest BCUT2D eigenvalue weighted by molar-refractivity contribution is 6.30. The van der Waals surface area contributed by atoms with Gasteiger partial charge in [0.15, 0.2) is 0 Å². The fourth-order valence-electron chi connectivity index (χ4n) is 2.99. The van der Waals surface area contributed by atoms with Gasteiger partial charge in [-0.05, 0) is 51.8 Å². The Hall–Kier alpha value is -0.770. The van der Waals surface area contributed by atoms with Crippen LogP contribution in [-0.4, -0.2) is 30.8 Å². The van der Waals surface area contributed by atoms with Crippen molar-refractivity contribution in [3.05, 3.63) is 28.8 Å². The third-order valence-corrected chi connectivity index (χ3v) is 3.73. The van der Waals surface area contributed by atoms with Gasteiger partial charge in [0.05, 0.1) is 11.7 Å². The zero-order chi connectivity index (χ0) is 14.9. The summed E-state index contributed by atoms with van der Waals surface area (Å²) < 4.78 is 5.98. The number of nitrogens with two attached hydrogens (primary N) is 1. The van der Waals surface area contributed by atoms with Crippen LogP contribution in [0.25, 0.3) is 0 Å². The number of benzene rings is 1. The minimum atomic E-state index is -0.147. The van der Waals surface area contributed by atoms with Crippen LogP contribution >= 0.6 is 11.6 Å². The number of anilines is 1. The standard InChI is InChI=1S/C16H25ClN2O/c1-11(18)7-13-5-6-14(17)8-15(13)19-9-12(2)20-16(3,4)10-19/h5-6,8,11-12H,7,9-10,18H2,1-4H3. The van der Waals surface area contributed by atoms with Crippen LogP contribution in [0.3, 0.4) is 0 Å². The van der Waals surface area contributed by atoms with Crippen LogP contribution in [0.15, 0.2) is 18.2 Å². The Morgan fingerprint density at radius 1 is 1.50 bits per heavy atom.